The molecule has 1 aliphatic rings. The first-order chi connectivity index (χ1) is 6.72. The lowest BCUT2D eigenvalue weighted by atomic mass is 10.0. The van der Waals surface area contributed by atoms with E-state index in [4.69, 9.17) is 16.3 Å². The summed E-state index contributed by atoms with van der Waals surface area (Å²) in [6, 6.07) is 3.14. The van der Waals surface area contributed by atoms with Gasteiger partial charge in [0.05, 0.1) is 17.7 Å². The number of aldehydes is 1. The van der Waals surface area contributed by atoms with E-state index in [1.54, 1.807) is 6.07 Å². The molecule has 74 valence electrons. The SMILES string of the molecule is O=Cc1cc(Cl)c2c(c1)[C@H](O)CCO2. The highest BCUT2D eigenvalue weighted by Gasteiger charge is 2.22. The van der Waals surface area contributed by atoms with Crippen LogP contribution in [0.5, 0.6) is 5.75 Å². The number of hydrogen-bond acceptors (Lipinski definition) is 3. The standard InChI is InChI=1S/C10H9ClO3/c11-8-4-6(5-12)3-7-9(13)1-2-14-10(7)8/h3-5,9,13H,1-2H2/t9-/m1/s1. The highest BCUT2D eigenvalue weighted by Crippen LogP contribution is 2.38. The Morgan fingerprint density at radius 3 is 3.07 bits per heavy atom. The van der Waals surface area contributed by atoms with E-state index < -0.39 is 6.10 Å². The van der Waals surface area contributed by atoms with Crippen LogP contribution in [0, 0.1) is 0 Å². The van der Waals surface area contributed by atoms with Crippen molar-refractivity contribution in [3.05, 3.63) is 28.3 Å². The monoisotopic (exact) mass is 212 g/mol. The van der Waals surface area contributed by atoms with Crippen molar-refractivity contribution >= 4 is 17.9 Å². The Kier molecular flexibility index (Phi) is 2.44. The molecule has 1 aromatic rings. The molecule has 0 unspecified atom stereocenters. The van der Waals surface area contributed by atoms with Gasteiger partial charge in [-0.1, -0.05) is 11.6 Å². The highest BCUT2D eigenvalue weighted by molar-refractivity contribution is 6.32. The van der Waals surface area contributed by atoms with Gasteiger partial charge in [-0.15, -0.1) is 0 Å². The number of aliphatic hydroxyl groups is 1. The average Bonchev–Trinajstić information content (AvgIpc) is 2.19. The lowest BCUT2D eigenvalue weighted by molar-refractivity contribution is 0.111. The second-order valence-electron chi connectivity index (χ2n) is 3.19. The Labute approximate surface area is 86.3 Å². The number of benzene rings is 1. The Balaban J connectivity index is 2.57. The van der Waals surface area contributed by atoms with E-state index in [0.717, 1.165) is 0 Å². The molecule has 0 radical (unpaired) electrons. The maximum absolute atomic E-state index is 10.6. The minimum atomic E-state index is -0.587. The van der Waals surface area contributed by atoms with E-state index in [1.807, 2.05) is 0 Å². The number of rotatable bonds is 1. The van der Waals surface area contributed by atoms with E-state index in [2.05, 4.69) is 0 Å². The second-order valence-corrected chi connectivity index (χ2v) is 3.60. The van der Waals surface area contributed by atoms with Crippen molar-refractivity contribution in [3.8, 4) is 5.75 Å². The second kappa shape index (κ2) is 3.59. The van der Waals surface area contributed by atoms with Crippen molar-refractivity contribution in [3.63, 3.8) is 0 Å². The third-order valence-corrected chi connectivity index (χ3v) is 2.51. The summed E-state index contributed by atoms with van der Waals surface area (Å²) in [6.45, 7) is 0.453. The average molecular weight is 213 g/mol. The summed E-state index contributed by atoms with van der Waals surface area (Å²) in [5.41, 5.74) is 1.06. The molecule has 0 saturated carbocycles. The topological polar surface area (TPSA) is 46.5 Å². The molecule has 3 nitrogen and oxygen atoms in total. The van der Waals surface area contributed by atoms with Gasteiger partial charge in [-0.3, -0.25) is 4.79 Å². The third-order valence-electron chi connectivity index (χ3n) is 2.23. The fourth-order valence-corrected chi connectivity index (χ4v) is 1.82. The van der Waals surface area contributed by atoms with Crippen LogP contribution in [0.2, 0.25) is 5.02 Å². The lowest BCUT2D eigenvalue weighted by Gasteiger charge is -2.23. The summed E-state index contributed by atoms with van der Waals surface area (Å²) in [5, 5.41) is 10.0. The van der Waals surface area contributed by atoms with Crippen LogP contribution in [-0.4, -0.2) is 18.0 Å². The Bertz CT molecular complexity index is 376. The molecule has 1 heterocycles. The van der Waals surface area contributed by atoms with Crippen molar-refractivity contribution in [2.24, 2.45) is 0 Å². The molecular weight excluding hydrogens is 204 g/mol. The molecule has 1 atom stereocenters. The number of halogens is 1. The molecule has 0 fully saturated rings. The molecule has 1 aliphatic heterocycles. The van der Waals surface area contributed by atoms with Gasteiger partial charge in [-0.25, -0.2) is 0 Å². The first kappa shape index (κ1) is 9.49. The van der Waals surface area contributed by atoms with Crippen molar-refractivity contribution < 1.29 is 14.6 Å². The summed E-state index contributed by atoms with van der Waals surface area (Å²) in [7, 11) is 0. The van der Waals surface area contributed by atoms with Crippen LogP contribution >= 0.6 is 11.6 Å². The highest BCUT2D eigenvalue weighted by atomic mass is 35.5. The molecule has 2 rings (SSSR count). The van der Waals surface area contributed by atoms with Gasteiger partial charge >= 0.3 is 0 Å². The summed E-state index contributed by atoms with van der Waals surface area (Å²) >= 11 is 5.90. The van der Waals surface area contributed by atoms with Crippen molar-refractivity contribution in [1.29, 1.82) is 0 Å². The number of hydrogen-bond donors (Lipinski definition) is 1. The Morgan fingerprint density at radius 1 is 1.57 bits per heavy atom. The fourth-order valence-electron chi connectivity index (χ4n) is 1.53. The van der Waals surface area contributed by atoms with Crippen LogP contribution in [0.1, 0.15) is 28.4 Å². The minimum Gasteiger partial charge on any atom is -0.492 e. The normalized spacial score (nSPS) is 19.7. The van der Waals surface area contributed by atoms with E-state index >= 15 is 0 Å². The molecule has 0 amide bonds. The van der Waals surface area contributed by atoms with Crippen molar-refractivity contribution in [2.45, 2.75) is 12.5 Å². The molecule has 0 spiro atoms. The molecular formula is C10H9ClO3. The number of ether oxygens (including phenoxy) is 1. The number of aliphatic hydroxyl groups excluding tert-OH is 1. The molecule has 0 saturated heterocycles. The Hall–Kier alpha value is -1.06. The summed E-state index contributed by atoms with van der Waals surface area (Å²) in [4.78, 5) is 10.6. The molecule has 14 heavy (non-hydrogen) atoms. The van der Waals surface area contributed by atoms with Gasteiger partial charge in [0.1, 0.15) is 12.0 Å². The zero-order chi connectivity index (χ0) is 10.1. The Morgan fingerprint density at radius 2 is 2.36 bits per heavy atom. The quantitative estimate of drug-likeness (QED) is 0.724. The predicted molar refractivity (Wildman–Crippen MR) is 51.9 cm³/mol. The summed E-state index contributed by atoms with van der Waals surface area (Å²) in [5.74, 6) is 0.496. The molecule has 1 N–H and O–H groups in total. The number of fused-ring (bicyclic) bond motifs is 1. The van der Waals surface area contributed by atoms with Crippen LogP contribution in [-0.2, 0) is 0 Å². The lowest BCUT2D eigenvalue weighted by Crippen LogP contribution is -2.14. The fraction of sp³-hybridized carbons (Fsp3) is 0.300. The predicted octanol–water partition coefficient (Wildman–Crippen LogP) is 1.97. The van der Waals surface area contributed by atoms with Crippen molar-refractivity contribution in [1.82, 2.24) is 0 Å². The largest absolute Gasteiger partial charge is 0.492 e. The maximum atomic E-state index is 10.6. The summed E-state index contributed by atoms with van der Waals surface area (Å²) in [6.07, 6.45) is 0.648. The van der Waals surface area contributed by atoms with Gasteiger partial charge in [-0.05, 0) is 12.1 Å². The number of carbonyl (C=O) groups excluding carboxylic acids is 1. The summed E-state index contributed by atoms with van der Waals surface area (Å²) < 4.78 is 5.32. The van der Waals surface area contributed by atoms with Crippen LogP contribution in [0.25, 0.3) is 0 Å². The molecule has 0 aromatic heterocycles. The smallest absolute Gasteiger partial charge is 0.150 e. The van der Waals surface area contributed by atoms with E-state index in [0.29, 0.717) is 41.2 Å². The van der Waals surface area contributed by atoms with Gasteiger partial charge in [-0.2, -0.15) is 0 Å². The van der Waals surface area contributed by atoms with Gasteiger partial charge < -0.3 is 9.84 Å². The van der Waals surface area contributed by atoms with Crippen LogP contribution in [0.4, 0.5) is 0 Å². The maximum Gasteiger partial charge on any atom is 0.150 e. The van der Waals surface area contributed by atoms with Gasteiger partial charge in [0, 0.05) is 17.5 Å². The minimum absolute atomic E-state index is 0.378. The van der Waals surface area contributed by atoms with Crippen LogP contribution in [0.15, 0.2) is 12.1 Å². The van der Waals surface area contributed by atoms with E-state index in [-0.39, 0.29) is 0 Å². The third kappa shape index (κ3) is 1.49. The molecule has 1 aromatic carbocycles. The van der Waals surface area contributed by atoms with E-state index in [1.165, 1.54) is 6.07 Å². The molecule has 0 bridgehead atoms. The van der Waals surface area contributed by atoms with Crippen LogP contribution in [0.3, 0.4) is 0 Å². The first-order valence-corrected chi connectivity index (χ1v) is 4.69. The number of carbonyl (C=O) groups is 1. The zero-order valence-corrected chi connectivity index (χ0v) is 8.12. The zero-order valence-electron chi connectivity index (χ0n) is 7.37. The van der Waals surface area contributed by atoms with Crippen molar-refractivity contribution in [2.75, 3.05) is 6.61 Å². The molecule has 0 aliphatic carbocycles. The van der Waals surface area contributed by atoms with Gasteiger partial charge in [0.25, 0.3) is 0 Å². The van der Waals surface area contributed by atoms with Crippen LogP contribution < -0.4 is 4.74 Å². The molecule has 4 heteroatoms. The van der Waals surface area contributed by atoms with Gasteiger partial charge in [0.2, 0.25) is 0 Å². The first-order valence-electron chi connectivity index (χ1n) is 4.32. The van der Waals surface area contributed by atoms with Gasteiger partial charge in [0.15, 0.2) is 0 Å². The van der Waals surface area contributed by atoms with E-state index in [9.17, 15) is 9.90 Å².